The Kier molecular flexibility index (Phi) is 5.39. The summed E-state index contributed by atoms with van der Waals surface area (Å²) in [5.74, 6) is 1.76. The van der Waals surface area contributed by atoms with Gasteiger partial charge in [0.2, 0.25) is 16.0 Å². The summed E-state index contributed by atoms with van der Waals surface area (Å²) in [6.07, 6.45) is 6.28. The average Bonchev–Trinajstić information content (AvgIpc) is 3.07. The van der Waals surface area contributed by atoms with E-state index in [0.29, 0.717) is 49.7 Å². The summed E-state index contributed by atoms with van der Waals surface area (Å²) in [7, 11) is -3.13. The summed E-state index contributed by atoms with van der Waals surface area (Å²) in [5.41, 5.74) is 1.02. The number of nitrogens with zero attached hydrogens (tertiary/aromatic N) is 4. The van der Waals surface area contributed by atoms with Crippen LogP contribution < -0.4 is 4.90 Å². The van der Waals surface area contributed by atoms with E-state index in [0.717, 1.165) is 18.5 Å². The lowest BCUT2D eigenvalue weighted by Gasteiger charge is -2.34. The number of sulfonamides is 1. The molecule has 0 atom stereocenters. The zero-order chi connectivity index (χ0) is 17.2. The van der Waals surface area contributed by atoms with Gasteiger partial charge in [0.05, 0.1) is 5.75 Å². The van der Waals surface area contributed by atoms with Crippen LogP contribution in [0.4, 0.5) is 5.95 Å². The fourth-order valence-corrected chi connectivity index (χ4v) is 5.44. The molecule has 24 heavy (non-hydrogen) atoms. The molecule has 0 spiro atoms. The van der Waals surface area contributed by atoms with Gasteiger partial charge in [0, 0.05) is 38.1 Å². The van der Waals surface area contributed by atoms with E-state index in [2.05, 4.69) is 28.7 Å². The van der Waals surface area contributed by atoms with Crippen molar-refractivity contribution in [2.75, 3.05) is 36.8 Å². The standard InChI is InChI=1S/C17H28N4O2S/c1-14(2)16-7-8-18-17(19-16)20-9-11-21(12-10-20)24(22,23)13-15-5-3-4-6-15/h7-8,14-15H,3-6,9-13H2,1-2H3. The second-order valence-electron chi connectivity index (χ2n) is 7.25. The molecule has 1 saturated heterocycles. The minimum Gasteiger partial charge on any atom is -0.338 e. The van der Waals surface area contributed by atoms with Crippen LogP contribution in [0.3, 0.4) is 0 Å². The molecule has 1 aromatic heterocycles. The molecular formula is C17H28N4O2S. The van der Waals surface area contributed by atoms with Gasteiger partial charge in [0.25, 0.3) is 0 Å². The molecule has 0 radical (unpaired) electrons. The van der Waals surface area contributed by atoms with Gasteiger partial charge in [-0.25, -0.2) is 18.4 Å². The molecule has 1 aromatic rings. The number of piperazine rings is 1. The highest BCUT2D eigenvalue weighted by Gasteiger charge is 2.31. The van der Waals surface area contributed by atoms with Crippen LogP contribution in [0.25, 0.3) is 0 Å². The molecule has 3 rings (SSSR count). The highest BCUT2D eigenvalue weighted by atomic mass is 32.2. The molecule has 134 valence electrons. The number of anilines is 1. The predicted octanol–water partition coefficient (Wildman–Crippen LogP) is 2.24. The Labute approximate surface area is 145 Å². The SMILES string of the molecule is CC(C)c1ccnc(N2CCN(S(=O)(=O)CC3CCCC3)CC2)n1. The van der Waals surface area contributed by atoms with Gasteiger partial charge in [0.15, 0.2) is 0 Å². The zero-order valence-corrected chi connectivity index (χ0v) is 15.5. The van der Waals surface area contributed by atoms with Crippen molar-refractivity contribution in [3.8, 4) is 0 Å². The van der Waals surface area contributed by atoms with E-state index in [9.17, 15) is 8.42 Å². The maximum Gasteiger partial charge on any atom is 0.225 e. The third-order valence-electron chi connectivity index (χ3n) is 5.09. The zero-order valence-electron chi connectivity index (χ0n) is 14.7. The summed E-state index contributed by atoms with van der Waals surface area (Å²) < 4.78 is 26.9. The van der Waals surface area contributed by atoms with E-state index in [1.54, 1.807) is 10.5 Å². The molecule has 1 aliphatic heterocycles. The van der Waals surface area contributed by atoms with Gasteiger partial charge in [-0.1, -0.05) is 26.7 Å². The first-order valence-electron chi connectivity index (χ1n) is 9.01. The van der Waals surface area contributed by atoms with E-state index in [1.807, 2.05) is 6.07 Å². The Bertz CT molecular complexity index is 648. The fourth-order valence-electron chi connectivity index (χ4n) is 3.58. The van der Waals surface area contributed by atoms with E-state index in [1.165, 1.54) is 12.8 Å². The van der Waals surface area contributed by atoms with Crippen LogP contribution in [0, 0.1) is 5.92 Å². The highest BCUT2D eigenvalue weighted by molar-refractivity contribution is 7.89. The maximum absolute atomic E-state index is 12.6. The minimum atomic E-state index is -3.13. The number of hydrogen-bond donors (Lipinski definition) is 0. The lowest BCUT2D eigenvalue weighted by molar-refractivity contribution is 0.377. The van der Waals surface area contributed by atoms with Crippen molar-refractivity contribution < 1.29 is 8.42 Å². The molecule has 0 amide bonds. The summed E-state index contributed by atoms with van der Waals surface area (Å²) in [5, 5.41) is 0. The molecule has 0 bridgehead atoms. The van der Waals surface area contributed by atoms with Crippen LogP contribution in [0.5, 0.6) is 0 Å². The Morgan fingerprint density at radius 3 is 2.46 bits per heavy atom. The van der Waals surface area contributed by atoms with Gasteiger partial charge >= 0.3 is 0 Å². The molecular weight excluding hydrogens is 324 g/mol. The van der Waals surface area contributed by atoms with Gasteiger partial charge in [0.1, 0.15) is 0 Å². The van der Waals surface area contributed by atoms with Crippen LogP contribution in [-0.2, 0) is 10.0 Å². The molecule has 2 fully saturated rings. The van der Waals surface area contributed by atoms with Crippen LogP contribution >= 0.6 is 0 Å². The van der Waals surface area contributed by atoms with Gasteiger partial charge in [-0.05, 0) is 30.7 Å². The van der Waals surface area contributed by atoms with E-state index >= 15 is 0 Å². The fraction of sp³-hybridized carbons (Fsp3) is 0.765. The van der Waals surface area contributed by atoms with Crippen molar-refractivity contribution >= 4 is 16.0 Å². The van der Waals surface area contributed by atoms with E-state index in [4.69, 9.17) is 0 Å². The van der Waals surface area contributed by atoms with Gasteiger partial charge in [-0.3, -0.25) is 0 Å². The van der Waals surface area contributed by atoms with Crippen molar-refractivity contribution in [3.05, 3.63) is 18.0 Å². The van der Waals surface area contributed by atoms with Crippen LogP contribution in [0.2, 0.25) is 0 Å². The molecule has 6 nitrogen and oxygen atoms in total. The van der Waals surface area contributed by atoms with Gasteiger partial charge in [-0.15, -0.1) is 0 Å². The predicted molar refractivity (Wildman–Crippen MR) is 95.7 cm³/mol. The smallest absolute Gasteiger partial charge is 0.225 e. The summed E-state index contributed by atoms with van der Waals surface area (Å²) in [4.78, 5) is 11.1. The summed E-state index contributed by atoms with van der Waals surface area (Å²) >= 11 is 0. The van der Waals surface area contributed by atoms with Crippen molar-refractivity contribution in [2.45, 2.75) is 45.4 Å². The molecule has 0 aromatic carbocycles. The molecule has 1 aliphatic carbocycles. The average molecular weight is 353 g/mol. The maximum atomic E-state index is 12.6. The summed E-state index contributed by atoms with van der Waals surface area (Å²) in [6.45, 7) is 6.60. The second-order valence-corrected chi connectivity index (χ2v) is 9.26. The second kappa shape index (κ2) is 7.35. The highest BCUT2D eigenvalue weighted by Crippen LogP contribution is 2.27. The van der Waals surface area contributed by atoms with Crippen molar-refractivity contribution in [2.24, 2.45) is 5.92 Å². The molecule has 0 unspecified atom stereocenters. The Morgan fingerprint density at radius 1 is 1.17 bits per heavy atom. The Morgan fingerprint density at radius 2 is 1.83 bits per heavy atom. The largest absolute Gasteiger partial charge is 0.338 e. The van der Waals surface area contributed by atoms with Crippen molar-refractivity contribution in [1.29, 1.82) is 0 Å². The summed E-state index contributed by atoms with van der Waals surface area (Å²) in [6, 6.07) is 1.94. The monoisotopic (exact) mass is 352 g/mol. The molecule has 7 heteroatoms. The van der Waals surface area contributed by atoms with Gasteiger partial charge < -0.3 is 4.90 Å². The quantitative estimate of drug-likeness (QED) is 0.813. The Hall–Kier alpha value is -1.21. The first-order chi connectivity index (χ1) is 11.5. The molecule has 2 heterocycles. The molecule has 1 saturated carbocycles. The lowest BCUT2D eigenvalue weighted by atomic mass is 10.1. The first kappa shape index (κ1) is 17.6. The van der Waals surface area contributed by atoms with E-state index in [-0.39, 0.29) is 0 Å². The minimum absolute atomic E-state index is 0.326. The lowest BCUT2D eigenvalue weighted by Crippen LogP contribution is -2.50. The Balaban J connectivity index is 1.60. The van der Waals surface area contributed by atoms with E-state index < -0.39 is 10.0 Å². The van der Waals surface area contributed by atoms with Crippen LogP contribution in [0.15, 0.2) is 12.3 Å². The number of rotatable bonds is 5. The number of hydrogen-bond acceptors (Lipinski definition) is 5. The van der Waals surface area contributed by atoms with Crippen LogP contribution in [-0.4, -0.2) is 54.6 Å². The van der Waals surface area contributed by atoms with Crippen molar-refractivity contribution in [3.63, 3.8) is 0 Å². The number of aromatic nitrogens is 2. The molecule has 0 N–H and O–H groups in total. The first-order valence-corrected chi connectivity index (χ1v) is 10.6. The normalized spacial score (nSPS) is 20.9. The third-order valence-corrected chi connectivity index (χ3v) is 7.14. The van der Waals surface area contributed by atoms with Crippen molar-refractivity contribution in [1.82, 2.24) is 14.3 Å². The molecule has 2 aliphatic rings. The van der Waals surface area contributed by atoms with Crippen LogP contribution in [0.1, 0.15) is 51.1 Å². The van der Waals surface area contributed by atoms with Gasteiger partial charge in [-0.2, -0.15) is 4.31 Å². The third kappa shape index (κ3) is 4.06. The topological polar surface area (TPSA) is 66.4 Å².